The maximum atomic E-state index is 14.0. The highest BCUT2D eigenvalue weighted by atomic mass is 16.6. The number of hydrogen-bond acceptors (Lipinski definition) is 6. The molecule has 1 unspecified atom stereocenters. The quantitative estimate of drug-likeness (QED) is 0.167. The molecule has 5 atom stereocenters. The standard InChI is InChI=1S/C31H51N3O6/c1-9-12-13-14-15-16-24(32-29(38)40-30(6,7)8)27(36)34-20-22(17-21(4)5)18-25(34)26(35)33-31(19-23(31)10-2)28(37)39-11-3/h9-10,21-25H,1-2,11-20H2,3-8H3,(H,32,38)(H,33,35)/t22-,23?,24+,25+,31-/m1/s1. The summed E-state index contributed by atoms with van der Waals surface area (Å²) in [6.45, 7) is 19.4. The molecule has 0 aromatic carbocycles. The van der Waals surface area contributed by atoms with Crippen LogP contribution < -0.4 is 10.6 Å². The second-order valence-corrected chi connectivity index (χ2v) is 12.6. The second-order valence-electron chi connectivity index (χ2n) is 12.6. The highest BCUT2D eigenvalue weighted by Crippen LogP contribution is 2.46. The number of amides is 3. The van der Waals surface area contributed by atoms with Crippen molar-refractivity contribution in [1.29, 1.82) is 0 Å². The van der Waals surface area contributed by atoms with Crippen LogP contribution in [0.2, 0.25) is 0 Å². The Morgan fingerprint density at radius 2 is 1.82 bits per heavy atom. The highest BCUT2D eigenvalue weighted by molar-refractivity contribution is 5.96. The number of likely N-dealkylation sites (tertiary alicyclic amines) is 1. The average molecular weight is 562 g/mol. The van der Waals surface area contributed by atoms with Crippen LogP contribution >= 0.6 is 0 Å². The van der Waals surface area contributed by atoms with Crippen LogP contribution in [0.5, 0.6) is 0 Å². The number of unbranched alkanes of at least 4 members (excludes halogenated alkanes) is 3. The molecule has 3 amide bonds. The van der Waals surface area contributed by atoms with Gasteiger partial charge in [0.05, 0.1) is 6.61 Å². The van der Waals surface area contributed by atoms with Crippen molar-refractivity contribution in [2.45, 2.75) is 116 Å². The number of allylic oxidation sites excluding steroid dienone is 1. The number of alkyl carbamates (subject to hydrolysis) is 1. The summed E-state index contributed by atoms with van der Waals surface area (Å²) in [5.74, 6) is -0.857. The van der Waals surface area contributed by atoms with E-state index in [0.717, 1.165) is 32.1 Å². The molecule has 1 heterocycles. The van der Waals surface area contributed by atoms with Crippen LogP contribution in [0.15, 0.2) is 25.3 Å². The summed E-state index contributed by atoms with van der Waals surface area (Å²) >= 11 is 0. The Labute approximate surface area is 240 Å². The van der Waals surface area contributed by atoms with Gasteiger partial charge in [0.25, 0.3) is 0 Å². The number of carbonyl (C=O) groups is 4. The molecule has 9 nitrogen and oxygen atoms in total. The summed E-state index contributed by atoms with van der Waals surface area (Å²) in [6, 6.07) is -1.58. The van der Waals surface area contributed by atoms with Crippen molar-refractivity contribution < 1.29 is 28.7 Å². The fourth-order valence-electron chi connectivity index (χ4n) is 5.54. The maximum Gasteiger partial charge on any atom is 0.408 e. The molecular formula is C31H51N3O6. The number of carbonyl (C=O) groups excluding carboxylic acids is 4. The fraction of sp³-hybridized carbons (Fsp3) is 0.742. The van der Waals surface area contributed by atoms with Crippen molar-refractivity contribution in [2.75, 3.05) is 13.2 Å². The first-order valence-corrected chi connectivity index (χ1v) is 14.8. The van der Waals surface area contributed by atoms with Crippen molar-refractivity contribution in [3.63, 3.8) is 0 Å². The second kappa shape index (κ2) is 14.7. The number of nitrogens with one attached hydrogen (secondary N) is 2. The molecule has 2 N–H and O–H groups in total. The molecule has 0 bridgehead atoms. The van der Waals surface area contributed by atoms with E-state index >= 15 is 0 Å². The van der Waals surface area contributed by atoms with Crippen molar-refractivity contribution in [2.24, 2.45) is 17.8 Å². The van der Waals surface area contributed by atoms with Gasteiger partial charge in [-0.1, -0.05) is 38.8 Å². The van der Waals surface area contributed by atoms with Crippen molar-refractivity contribution in [1.82, 2.24) is 15.5 Å². The molecule has 1 saturated heterocycles. The molecule has 40 heavy (non-hydrogen) atoms. The van der Waals surface area contributed by atoms with Gasteiger partial charge in [0, 0.05) is 12.5 Å². The van der Waals surface area contributed by atoms with Crippen molar-refractivity contribution >= 4 is 23.9 Å². The summed E-state index contributed by atoms with van der Waals surface area (Å²) in [5.41, 5.74) is -1.85. The normalized spacial score (nSPS) is 24.7. The largest absolute Gasteiger partial charge is 0.464 e. The molecule has 0 aromatic heterocycles. The zero-order valence-corrected chi connectivity index (χ0v) is 25.4. The topological polar surface area (TPSA) is 114 Å². The van der Waals surface area contributed by atoms with E-state index in [1.54, 1.807) is 38.7 Å². The van der Waals surface area contributed by atoms with Gasteiger partial charge in [-0.05, 0) is 78.1 Å². The predicted molar refractivity (Wildman–Crippen MR) is 155 cm³/mol. The van der Waals surface area contributed by atoms with Gasteiger partial charge < -0.3 is 25.0 Å². The van der Waals surface area contributed by atoms with E-state index in [1.807, 2.05) is 6.08 Å². The lowest BCUT2D eigenvalue weighted by Gasteiger charge is -2.30. The lowest BCUT2D eigenvalue weighted by molar-refractivity contribution is -0.150. The number of esters is 1. The minimum Gasteiger partial charge on any atom is -0.464 e. The molecule has 2 aliphatic rings. The van der Waals surface area contributed by atoms with E-state index in [4.69, 9.17) is 9.47 Å². The van der Waals surface area contributed by atoms with Crippen LogP contribution in [0, 0.1) is 17.8 Å². The summed E-state index contributed by atoms with van der Waals surface area (Å²) in [4.78, 5) is 54.8. The van der Waals surface area contributed by atoms with Crippen LogP contribution in [-0.4, -0.2) is 65.2 Å². The van der Waals surface area contributed by atoms with Gasteiger partial charge in [-0.2, -0.15) is 0 Å². The van der Waals surface area contributed by atoms with Crippen molar-refractivity contribution in [3.05, 3.63) is 25.3 Å². The lowest BCUT2D eigenvalue weighted by atomic mass is 9.94. The predicted octanol–water partition coefficient (Wildman–Crippen LogP) is 4.90. The summed E-state index contributed by atoms with van der Waals surface area (Å²) in [7, 11) is 0. The Bertz CT molecular complexity index is 927. The van der Waals surface area contributed by atoms with Crippen molar-refractivity contribution in [3.8, 4) is 0 Å². The van der Waals surface area contributed by atoms with Crippen LogP contribution in [0.1, 0.15) is 92.9 Å². The molecule has 1 aliphatic heterocycles. The SMILES string of the molecule is C=CCCCCC[C@H](NC(=O)OC(C)(C)C)C(=O)N1C[C@H](CC(C)C)C[C@H]1C(=O)N[C@]1(C(=O)OCC)CC1C=C. The molecule has 2 rings (SSSR count). The molecule has 9 heteroatoms. The van der Waals surface area contributed by atoms with E-state index in [-0.39, 0.29) is 30.3 Å². The van der Waals surface area contributed by atoms with Gasteiger partial charge in [0.2, 0.25) is 11.8 Å². The molecule has 1 saturated carbocycles. The van der Waals surface area contributed by atoms with Gasteiger partial charge in [0.15, 0.2) is 0 Å². The monoisotopic (exact) mass is 561 g/mol. The third-order valence-electron chi connectivity index (χ3n) is 7.45. The van der Waals surface area contributed by atoms with Crippen LogP contribution in [0.3, 0.4) is 0 Å². The lowest BCUT2D eigenvalue weighted by Crippen LogP contribution is -2.56. The number of nitrogens with zero attached hydrogens (tertiary/aromatic N) is 1. The Kier molecular flexibility index (Phi) is 12.3. The maximum absolute atomic E-state index is 14.0. The smallest absolute Gasteiger partial charge is 0.408 e. The fourth-order valence-corrected chi connectivity index (χ4v) is 5.54. The summed E-state index contributed by atoms with van der Waals surface area (Å²) < 4.78 is 10.7. The first-order valence-electron chi connectivity index (χ1n) is 14.8. The number of hydrogen-bond donors (Lipinski definition) is 2. The first kappa shape index (κ1) is 33.4. The van der Waals surface area contributed by atoms with Gasteiger partial charge in [-0.3, -0.25) is 9.59 Å². The van der Waals surface area contributed by atoms with Gasteiger partial charge in [0.1, 0.15) is 23.2 Å². The Morgan fingerprint density at radius 3 is 2.38 bits per heavy atom. The number of ether oxygens (including phenoxy) is 2. The molecule has 0 spiro atoms. The van der Waals surface area contributed by atoms with Crippen LogP contribution in [-0.2, 0) is 23.9 Å². The zero-order valence-electron chi connectivity index (χ0n) is 25.4. The van der Waals surface area contributed by atoms with E-state index < -0.39 is 35.3 Å². The molecular weight excluding hydrogens is 510 g/mol. The Balaban J connectivity index is 2.27. The van der Waals surface area contributed by atoms with Gasteiger partial charge in [-0.25, -0.2) is 9.59 Å². The van der Waals surface area contributed by atoms with E-state index in [0.29, 0.717) is 31.7 Å². The third kappa shape index (κ3) is 9.37. The molecule has 1 aliphatic carbocycles. The average Bonchev–Trinajstić information content (AvgIpc) is 3.41. The summed E-state index contributed by atoms with van der Waals surface area (Å²) in [5, 5.41) is 5.71. The third-order valence-corrected chi connectivity index (χ3v) is 7.45. The van der Waals surface area contributed by atoms with Crippen LogP contribution in [0.4, 0.5) is 4.79 Å². The van der Waals surface area contributed by atoms with Crippen LogP contribution in [0.25, 0.3) is 0 Å². The minimum atomic E-state index is -1.14. The van der Waals surface area contributed by atoms with E-state index in [9.17, 15) is 19.2 Å². The zero-order chi connectivity index (χ0) is 30.1. The Hall–Kier alpha value is -2.84. The molecule has 0 aromatic rings. The highest BCUT2D eigenvalue weighted by Gasteiger charge is 2.62. The van der Waals surface area contributed by atoms with E-state index in [1.165, 1.54) is 0 Å². The van der Waals surface area contributed by atoms with E-state index in [2.05, 4.69) is 37.6 Å². The first-order chi connectivity index (χ1) is 18.8. The van der Waals surface area contributed by atoms with Gasteiger partial charge in [-0.15, -0.1) is 13.2 Å². The molecule has 2 fully saturated rings. The summed E-state index contributed by atoms with van der Waals surface area (Å²) in [6.07, 6.45) is 8.51. The number of rotatable bonds is 15. The minimum absolute atomic E-state index is 0.127. The Morgan fingerprint density at radius 1 is 1.12 bits per heavy atom. The molecule has 0 radical (unpaired) electrons. The van der Waals surface area contributed by atoms with Gasteiger partial charge >= 0.3 is 12.1 Å². The molecule has 226 valence electrons.